The third-order valence-corrected chi connectivity index (χ3v) is 7.35. The first-order chi connectivity index (χ1) is 14.1. The molecule has 9 heteroatoms. The second-order valence-electron chi connectivity index (χ2n) is 7.70. The number of aromatic nitrogens is 2. The Labute approximate surface area is 172 Å². The normalized spacial score (nSPS) is 19.9. The Morgan fingerprint density at radius 3 is 2.53 bits per heavy atom. The van der Waals surface area contributed by atoms with Crippen molar-refractivity contribution in [3.63, 3.8) is 0 Å². The van der Waals surface area contributed by atoms with Gasteiger partial charge in [0.2, 0.25) is 0 Å². The standard InChI is InChI=1S/C21H21F3N2O3S/c22-21(23,24)16-6-2-1-5-15(16)19(27)12-26-18-8-4-3-7-17(18)25-20(26)11-14-9-10-30(28,29)13-14/h1-8,14,19,27H,9-13H2/t14-,19-/m1/s1. The Kier molecular flexibility index (Phi) is 5.36. The zero-order valence-electron chi connectivity index (χ0n) is 16.0. The van der Waals surface area contributed by atoms with E-state index in [1.807, 2.05) is 0 Å². The van der Waals surface area contributed by atoms with Crippen LogP contribution in [0.1, 0.15) is 29.5 Å². The van der Waals surface area contributed by atoms with E-state index in [1.54, 1.807) is 28.8 Å². The van der Waals surface area contributed by atoms with Gasteiger partial charge in [-0.1, -0.05) is 30.3 Å². The van der Waals surface area contributed by atoms with E-state index in [4.69, 9.17) is 0 Å². The number of sulfone groups is 1. The lowest BCUT2D eigenvalue weighted by atomic mass is 10.0. The summed E-state index contributed by atoms with van der Waals surface area (Å²) >= 11 is 0. The van der Waals surface area contributed by atoms with E-state index >= 15 is 0 Å². The van der Waals surface area contributed by atoms with Crippen LogP contribution in [0.5, 0.6) is 0 Å². The molecule has 1 aliphatic rings. The fourth-order valence-corrected chi connectivity index (χ4v) is 5.96. The summed E-state index contributed by atoms with van der Waals surface area (Å²) in [7, 11) is -3.06. The molecule has 0 unspecified atom stereocenters. The van der Waals surface area contributed by atoms with Crippen LogP contribution >= 0.6 is 0 Å². The number of nitrogens with zero attached hydrogens (tertiary/aromatic N) is 2. The number of benzene rings is 2. The van der Waals surface area contributed by atoms with Crippen molar-refractivity contribution in [2.24, 2.45) is 5.92 Å². The number of hydrogen-bond donors (Lipinski definition) is 1. The second kappa shape index (κ2) is 7.70. The lowest BCUT2D eigenvalue weighted by Crippen LogP contribution is -2.18. The number of imidazole rings is 1. The van der Waals surface area contributed by atoms with Crippen molar-refractivity contribution in [2.45, 2.75) is 31.7 Å². The minimum Gasteiger partial charge on any atom is -0.387 e. The van der Waals surface area contributed by atoms with Crippen molar-refractivity contribution in [2.75, 3.05) is 11.5 Å². The number of aliphatic hydroxyl groups excluding tert-OH is 1. The van der Waals surface area contributed by atoms with Gasteiger partial charge in [0, 0.05) is 6.42 Å². The van der Waals surface area contributed by atoms with Crippen molar-refractivity contribution in [3.05, 3.63) is 65.5 Å². The van der Waals surface area contributed by atoms with E-state index in [0.29, 0.717) is 29.7 Å². The predicted molar refractivity (Wildman–Crippen MR) is 107 cm³/mol. The van der Waals surface area contributed by atoms with Crippen LogP contribution in [0.2, 0.25) is 0 Å². The summed E-state index contributed by atoms with van der Waals surface area (Å²) in [6, 6.07) is 12.2. The third kappa shape index (κ3) is 4.22. The molecule has 0 amide bonds. The minimum atomic E-state index is -4.57. The molecule has 0 radical (unpaired) electrons. The number of hydrogen-bond acceptors (Lipinski definition) is 4. The minimum absolute atomic E-state index is 0.0790. The van der Waals surface area contributed by atoms with Crippen LogP contribution in [0.4, 0.5) is 13.2 Å². The molecule has 2 heterocycles. The quantitative estimate of drug-likeness (QED) is 0.658. The number of aliphatic hydroxyl groups is 1. The summed E-state index contributed by atoms with van der Waals surface area (Å²) in [6.07, 6.45) is -5.05. The SMILES string of the molecule is O=S1(=O)CC[C@H](Cc2nc3ccccc3n2C[C@@H](O)c2ccccc2C(F)(F)F)C1. The Morgan fingerprint density at radius 2 is 1.83 bits per heavy atom. The molecule has 2 atom stereocenters. The van der Waals surface area contributed by atoms with E-state index in [-0.39, 0.29) is 29.5 Å². The van der Waals surface area contributed by atoms with Crippen LogP contribution in [0.3, 0.4) is 0 Å². The topological polar surface area (TPSA) is 72.2 Å². The van der Waals surface area contributed by atoms with Gasteiger partial charge in [-0.25, -0.2) is 13.4 Å². The number of rotatable bonds is 5. The van der Waals surface area contributed by atoms with Gasteiger partial charge in [-0.2, -0.15) is 13.2 Å². The Hall–Kier alpha value is -2.39. The zero-order valence-corrected chi connectivity index (χ0v) is 16.8. The smallest absolute Gasteiger partial charge is 0.387 e. The Bertz CT molecular complexity index is 1170. The Balaban J connectivity index is 1.69. The average Bonchev–Trinajstić information content (AvgIpc) is 3.20. The first-order valence-electron chi connectivity index (χ1n) is 9.63. The van der Waals surface area contributed by atoms with Crippen molar-refractivity contribution in [3.8, 4) is 0 Å². The molecule has 1 aromatic heterocycles. The molecular formula is C21H21F3N2O3S. The van der Waals surface area contributed by atoms with E-state index in [1.165, 1.54) is 18.2 Å². The molecule has 30 heavy (non-hydrogen) atoms. The monoisotopic (exact) mass is 438 g/mol. The Morgan fingerprint density at radius 1 is 1.13 bits per heavy atom. The van der Waals surface area contributed by atoms with Crippen molar-refractivity contribution in [1.82, 2.24) is 9.55 Å². The molecule has 0 bridgehead atoms. The van der Waals surface area contributed by atoms with Gasteiger partial charge >= 0.3 is 6.18 Å². The highest BCUT2D eigenvalue weighted by molar-refractivity contribution is 7.91. The van der Waals surface area contributed by atoms with Gasteiger partial charge in [0.25, 0.3) is 0 Å². The first-order valence-corrected chi connectivity index (χ1v) is 11.4. The lowest BCUT2D eigenvalue weighted by molar-refractivity contribution is -0.139. The number of halogens is 3. The number of alkyl halides is 3. The molecular weight excluding hydrogens is 417 g/mol. The first kappa shape index (κ1) is 20.9. The van der Waals surface area contributed by atoms with Crippen LogP contribution < -0.4 is 0 Å². The van der Waals surface area contributed by atoms with E-state index in [0.717, 1.165) is 6.07 Å². The van der Waals surface area contributed by atoms with Crippen molar-refractivity contribution < 1.29 is 26.7 Å². The molecule has 1 N–H and O–H groups in total. The molecule has 3 aromatic rings. The van der Waals surface area contributed by atoms with Gasteiger partial charge in [0.15, 0.2) is 9.84 Å². The fraction of sp³-hybridized carbons (Fsp3) is 0.381. The molecule has 0 aliphatic carbocycles. The maximum absolute atomic E-state index is 13.4. The van der Waals surface area contributed by atoms with Gasteiger partial charge in [-0.05, 0) is 36.1 Å². The van der Waals surface area contributed by atoms with Gasteiger partial charge in [0.1, 0.15) is 5.82 Å². The summed E-state index contributed by atoms with van der Waals surface area (Å²) in [6.45, 7) is -0.109. The van der Waals surface area contributed by atoms with Gasteiger partial charge < -0.3 is 9.67 Å². The van der Waals surface area contributed by atoms with Crippen LogP contribution in [-0.4, -0.2) is 34.6 Å². The maximum atomic E-state index is 13.4. The number of para-hydroxylation sites is 2. The van der Waals surface area contributed by atoms with Crippen LogP contribution in [0.25, 0.3) is 11.0 Å². The van der Waals surface area contributed by atoms with Crippen molar-refractivity contribution >= 4 is 20.9 Å². The highest BCUT2D eigenvalue weighted by atomic mass is 32.2. The predicted octanol–water partition coefficient (Wildman–Crippen LogP) is 3.77. The molecule has 0 spiro atoms. The largest absolute Gasteiger partial charge is 0.416 e. The van der Waals surface area contributed by atoms with Gasteiger partial charge in [-0.3, -0.25) is 0 Å². The maximum Gasteiger partial charge on any atom is 0.416 e. The van der Waals surface area contributed by atoms with E-state index in [9.17, 15) is 26.7 Å². The zero-order chi connectivity index (χ0) is 21.5. The van der Waals surface area contributed by atoms with Crippen LogP contribution in [0.15, 0.2) is 48.5 Å². The molecule has 0 saturated carbocycles. The molecule has 2 aromatic carbocycles. The molecule has 1 aliphatic heterocycles. The summed E-state index contributed by atoms with van der Waals surface area (Å²) in [5.41, 5.74) is 0.282. The second-order valence-corrected chi connectivity index (χ2v) is 9.93. The van der Waals surface area contributed by atoms with Crippen LogP contribution in [0, 0.1) is 5.92 Å². The highest BCUT2D eigenvalue weighted by Crippen LogP contribution is 2.35. The molecule has 4 rings (SSSR count). The summed E-state index contributed by atoms with van der Waals surface area (Å²) < 4.78 is 65.5. The average molecular weight is 438 g/mol. The number of fused-ring (bicyclic) bond motifs is 1. The van der Waals surface area contributed by atoms with E-state index < -0.39 is 27.7 Å². The molecule has 1 saturated heterocycles. The van der Waals surface area contributed by atoms with Crippen LogP contribution in [-0.2, 0) is 29.0 Å². The lowest BCUT2D eigenvalue weighted by Gasteiger charge is -2.20. The summed E-state index contributed by atoms with van der Waals surface area (Å²) in [5, 5.41) is 10.7. The summed E-state index contributed by atoms with van der Waals surface area (Å²) in [5.74, 6) is 0.696. The van der Waals surface area contributed by atoms with Crippen molar-refractivity contribution in [1.29, 1.82) is 0 Å². The molecule has 1 fully saturated rings. The van der Waals surface area contributed by atoms with E-state index in [2.05, 4.69) is 4.98 Å². The molecule has 5 nitrogen and oxygen atoms in total. The van der Waals surface area contributed by atoms with Gasteiger partial charge in [0.05, 0.1) is 40.8 Å². The highest BCUT2D eigenvalue weighted by Gasteiger charge is 2.35. The summed E-state index contributed by atoms with van der Waals surface area (Å²) in [4.78, 5) is 4.58. The molecule has 160 valence electrons. The third-order valence-electron chi connectivity index (χ3n) is 5.51. The fourth-order valence-electron chi connectivity index (χ4n) is 4.09. The van der Waals surface area contributed by atoms with Gasteiger partial charge in [-0.15, -0.1) is 0 Å².